The van der Waals surface area contributed by atoms with Gasteiger partial charge in [0.15, 0.2) is 0 Å². The van der Waals surface area contributed by atoms with Gasteiger partial charge in [-0.1, -0.05) is 48.0 Å². The van der Waals surface area contributed by atoms with Gasteiger partial charge in [-0.05, 0) is 61.4 Å². The lowest BCUT2D eigenvalue weighted by Crippen LogP contribution is -2.28. The highest BCUT2D eigenvalue weighted by Gasteiger charge is 2.19. The molecule has 0 unspecified atom stereocenters. The van der Waals surface area contributed by atoms with Crippen molar-refractivity contribution in [3.8, 4) is 0 Å². The number of imidazole rings is 1. The van der Waals surface area contributed by atoms with E-state index in [1.54, 1.807) is 24.3 Å². The fourth-order valence-corrected chi connectivity index (χ4v) is 3.62. The molecule has 4 nitrogen and oxygen atoms in total. The van der Waals surface area contributed by atoms with Gasteiger partial charge in [0.05, 0.1) is 17.1 Å². The van der Waals surface area contributed by atoms with Crippen molar-refractivity contribution in [2.24, 2.45) is 0 Å². The molecule has 1 aromatic heterocycles. The quantitative estimate of drug-likeness (QED) is 0.475. The van der Waals surface area contributed by atoms with Gasteiger partial charge in [-0.25, -0.2) is 4.98 Å². The lowest BCUT2D eigenvalue weighted by atomic mass is 10.1. The van der Waals surface area contributed by atoms with Crippen LogP contribution in [0.2, 0.25) is 5.02 Å². The number of aromatic nitrogens is 2. The third kappa shape index (κ3) is 4.03. The number of para-hydroxylation sites is 2. The van der Waals surface area contributed by atoms with Crippen molar-refractivity contribution in [2.75, 3.05) is 0 Å². The summed E-state index contributed by atoms with van der Waals surface area (Å²) in [5, 5.41) is 3.67. The van der Waals surface area contributed by atoms with E-state index in [1.807, 2.05) is 37.3 Å². The first-order chi connectivity index (χ1) is 14.0. The first-order valence-corrected chi connectivity index (χ1v) is 9.97. The number of halogens is 1. The fourth-order valence-electron chi connectivity index (χ4n) is 3.49. The Kier molecular flexibility index (Phi) is 5.36. The summed E-state index contributed by atoms with van der Waals surface area (Å²) in [4.78, 5) is 17.5. The van der Waals surface area contributed by atoms with Crippen LogP contribution in [0.1, 0.15) is 40.3 Å². The second kappa shape index (κ2) is 8.10. The van der Waals surface area contributed by atoms with E-state index in [0.29, 0.717) is 17.1 Å². The maximum atomic E-state index is 12.7. The molecule has 29 heavy (non-hydrogen) atoms. The van der Waals surface area contributed by atoms with Crippen LogP contribution in [-0.2, 0) is 6.54 Å². The molecular formula is C24H22ClN3O. The molecule has 0 saturated heterocycles. The van der Waals surface area contributed by atoms with Crippen LogP contribution in [-0.4, -0.2) is 15.5 Å². The first-order valence-electron chi connectivity index (χ1n) is 9.59. The van der Waals surface area contributed by atoms with E-state index in [1.165, 1.54) is 11.1 Å². The van der Waals surface area contributed by atoms with E-state index in [4.69, 9.17) is 16.6 Å². The van der Waals surface area contributed by atoms with Crippen molar-refractivity contribution in [3.63, 3.8) is 0 Å². The van der Waals surface area contributed by atoms with Crippen molar-refractivity contribution in [2.45, 2.75) is 26.4 Å². The van der Waals surface area contributed by atoms with E-state index in [2.05, 4.69) is 35.0 Å². The molecule has 0 spiro atoms. The van der Waals surface area contributed by atoms with Gasteiger partial charge < -0.3 is 9.88 Å². The molecule has 0 fully saturated rings. The standard InChI is InChI=1S/C24H22ClN3O/c1-16-7-3-4-8-19(16)15-28-22-10-6-5-9-21(22)27-23(28)17(2)26-24(29)18-11-13-20(25)14-12-18/h3-14,17H,15H2,1-2H3,(H,26,29)/t17-/m1/s1. The van der Waals surface area contributed by atoms with Crippen molar-refractivity contribution in [3.05, 3.63) is 100 Å². The van der Waals surface area contributed by atoms with E-state index in [0.717, 1.165) is 16.9 Å². The van der Waals surface area contributed by atoms with Gasteiger partial charge in [0, 0.05) is 17.1 Å². The number of benzene rings is 3. The minimum absolute atomic E-state index is 0.149. The molecule has 3 aromatic carbocycles. The van der Waals surface area contributed by atoms with Crippen LogP contribution in [0.3, 0.4) is 0 Å². The van der Waals surface area contributed by atoms with Crippen LogP contribution in [0, 0.1) is 6.92 Å². The van der Waals surface area contributed by atoms with Crippen molar-refractivity contribution in [1.29, 1.82) is 0 Å². The number of rotatable bonds is 5. The molecule has 4 aromatic rings. The van der Waals surface area contributed by atoms with Crippen molar-refractivity contribution >= 4 is 28.5 Å². The zero-order valence-electron chi connectivity index (χ0n) is 16.4. The molecule has 0 aliphatic carbocycles. The summed E-state index contributed by atoms with van der Waals surface area (Å²) < 4.78 is 2.18. The van der Waals surface area contributed by atoms with Crippen LogP contribution in [0.4, 0.5) is 0 Å². The van der Waals surface area contributed by atoms with Crippen LogP contribution < -0.4 is 5.32 Å². The van der Waals surface area contributed by atoms with Crippen LogP contribution in [0.5, 0.6) is 0 Å². The Balaban J connectivity index is 1.68. The number of carbonyl (C=O) groups excluding carboxylic acids is 1. The minimum atomic E-state index is -0.255. The lowest BCUT2D eigenvalue weighted by molar-refractivity contribution is 0.0938. The van der Waals surface area contributed by atoms with Crippen LogP contribution in [0.25, 0.3) is 11.0 Å². The number of nitrogens with zero attached hydrogens (tertiary/aromatic N) is 2. The van der Waals surface area contributed by atoms with Crippen molar-refractivity contribution in [1.82, 2.24) is 14.9 Å². The molecule has 0 bridgehead atoms. The third-order valence-corrected chi connectivity index (χ3v) is 5.37. The smallest absolute Gasteiger partial charge is 0.251 e. The Morgan fingerprint density at radius 3 is 2.48 bits per heavy atom. The number of fused-ring (bicyclic) bond motifs is 1. The number of carbonyl (C=O) groups is 1. The average molecular weight is 404 g/mol. The Bertz CT molecular complexity index is 1160. The molecule has 1 amide bonds. The molecule has 1 heterocycles. The molecule has 146 valence electrons. The van der Waals surface area contributed by atoms with E-state index < -0.39 is 0 Å². The molecule has 0 saturated carbocycles. The van der Waals surface area contributed by atoms with Gasteiger partial charge in [0.1, 0.15) is 5.82 Å². The highest BCUT2D eigenvalue weighted by atomic mass is 35.5. The highest BCUT2D eigenvalue weighted by molar-refractivity contribution is 6.30. The summed E-state index contributed by atoms with van der Waals surface area (Å²) in [6, 6.07) is 23.0. The minimum Gasteiger partial charge on any atom is -0.342 e. The summed E-state index contributed by atoms with van der Waals surface area (Å²) >= 11 is 5.93. The Morgan fingerprint density at radius 2 is 1.72 bits per heavy atom. The molecule has 5 heteroatoms. The zero-order valence-corrected chi connectivity index (χ0v) is 17.1. The second-order valence-electron chi connectivity index (χ2n) is 7.17. The number of amides is 1. The molecule has 0 aliphatic rings. The van der Waals surface area contributed by atoms with E-state index in [-0.39, 0.29) is 11.9 Å². The Hall–Kier alpha value is -3.11. The van der Waals surface area contributed by atoms with Gasteiger partial charge in [-0.3, -0.25) is 4.79 Å². The summed E-state index contributed by atoms with van der Waals surface area (Å²) in [6.45, 7) is 4.77. The molecule has 0 aliphatic heterocycles. The topological polar surface area (TPSA) is 46.9 Å². The molecular weight excluding hydrogens is 382 g/mol. The Morgan fingerprint density at radius 1 is 1.03 bits per heavy atom. The first kappa shape index (κ1) is 19.2. The maximum Gasteiger partial charge on any atom is 0.251 e. The summed E-state index contributed by atoms with van der Waals surface area (Å²) in [5.41, 5.74) is 5.01. The highest BCUT2D eigenvalue weighted by Crippen LogP contribution is 2.23. The lowest BCUT2D eigenvalue weighted by Gasteiger charge is -2.17. The maximum absolute atomic E-state index is 12.7. The average Bonchev–Trinajstić information content (AvgIpc) is 3.09. The SMILES string of the molecule is Cc1ccccc1Cn1c([C@@H](C)NC(=O)c2ccc(Cl)cc2)nc2ccccc21. The number of aryl methyl sites for hydroxylation is 1. The summed E-state index contributed by atoms with van der Waals surface area (Å²) in [5.74, 6) is 0.681. The number of nitrogens with one attached hydrogen (secondary N) is 1. The third-order valence-electron chi connectivity index (χ3n) is 5.12. The molecule has 1 atom stereocenters. The molecule has 4 rings (SSSR count). The zero-order chi connectivity index (χ0) is 20.4. The predicted molar refractivity (Wildman–Crippen MR) is 117 cm³/mol. The predicted octanol–water partition coefficient (Wildman–Crippen LogP) is 5.54. The van der Waals surface area contributed by atoms with E-state index in [9.17, 15) is 4.79 Å². The number of hydrogen-bond donors (Lipinski definition) is 1. The van der Waals surface area contributed by atoms with Gasteiger partial charge in [-0.2, -0.15) is 0 Å². The van der Waals surface area contributed by atoms with Crippen LogP contribution in [0.15, 0.2) is 72.8 Å². The largest absolute Gasteiger partial charge is 0.342 e. The fraction of sp³-hybridized carbons (Fsp3) is 0.167. The summed E-state index contributed by atoms with van der Waals surface area (Å²) in [7, 11) is 0. The van der Waals surface area contributed by atoms with Gasteiger partial charge >= 0.3 is 0 Å². The van der Waals surface area contributed by atoms with Crippen LogP contribution >= 0.6 is 11.6 Å². The normalized spacial score (nSPS) is 12.1. The van der Waals surface area contributed by atoms with Crippen molar-refractivity contribution < 1.29 is 4.79 Å². The van der Waals surface area contributed by atoms with E-state index >= 15 is 0 Å². The number of hydrogen-bond acceptors (Lipinski definition) is 2. The van der Waals surface area contributed by atoms with Gasteiger partial charge in [0.25, 0.3) is 5.91 Å². The van der Waals surface area contributed by atoms with Gasteiger partial charge in [0.2, 0.25) is 0 Å². The Labute approximate surface area is 175 Å². The second-order valence-corrected chi connectivity index (χ2v) is 7.61. The van der Waals surface area contributed by atoms with Gasteiger partial charge in [-0.15, -0.1) is 0 Å². The molecule has 1 N–H and O–H groups in total. The molecule has 0 radical (unpaired) electrons. The summed E-state index contributed by atoms with van der Waals surface area (Å²) in [6.07, 6.45) is 0. The monoisotopic (exact) mass is 403 g/mol.